The molecule has 1 rings (SSSR count). The zero-order valence-corrected chi connectivity index (χ0v) is 11.9. The molecule has 0 heterocycles. The number of carbonyl (C=O) groups is 1. The Kier molecular flexibility index (Phi) is 5.98. The molecule has 0 aliphatic heterocycles. The van der Waals surface area contributed by atoms with Crippen molar-refractivity contribution >= 4 is 15.8 Å². The molecule has 0 aliphatic rings. The van der Waals surface area contributed by atoms with E-state index in [1.807, 2.05) is 30.3 Å². The summed E-state index contributed by atoms with van der Waals surface area (Å²) < 4.78 is 26.8. The van der Waals surface area contributed by atoms with Gasteiger partial charge in [0.1, 0.15) is 15.9 Å². The van der Waals surface area contributed by atoms with Crippen LogP contribution in [0.15, 0.2) is 30.3 Å². The fourth-order valence-corrected chi connectivity index (χ4v) is 2.35. The van der Waals surface area contributed by atoms with Crippen LogP contribution < -0.4 is 5.32 Å². The lowest BCUT2D eigenvalue weighted by molar-refractivity contribution is -0.143. The van der Waals surface area contributed by atoms with Crippen LogP contribution in [0.4, 0.5) is 0 Å². The first-order chi connectivity index (χ1) is 8.94. The minimum atomic E-state index is -2.97. The summed E-state index contributed by atoms with van der Waals surface area (Å²) in [6.07, 6.45) is 1.65. The van der Waals surface area contributed by atoms with Gasteiger partial charge in [-0.15, -0.1) is 0 Å². The summed E-state index contributed by atoms with van der Waals surface area (Å²) in [6.45, 7) is 0.432. The topological polar surface area (TPSA) is 72.5 Å². The maximum Gasteiger partial charge on any atom is 0.327 e. The Morgan fingerprint density at radius 2 is 1.95 bits per heavy atom. The predicted octanol–water partition coefficient (Wildman–Crippen LogP) is 0.925. The fraction of sp³-hybridized carbons (Fsp3) is 0.462. The van der Waals surface area contributed by atoms with Gasteiger partial charge in [0, 0.05) is 6.26 Å². The summed E-state index contributed by atoms with van der Waals surface area (Å²) >= 11 is 0. The standard InChI is InChI=1S/C13H19NO4S/c1-18-13(15)12(11-7-4-3-5-8-11)14-9-6-10-19(2,16)17/h3-5,7-8,12,14H,6,9-10H2,1-2H3. The van der Waals surface area contributed by atoms with Gasteiger partial charge in [0.2, 0.25) is 0 Å². The zero-order valence-electron chi connectivity index (χ0n) is 11.1. The first kappa shape index (κ1) is 15.7. The van der Waals surface area contributed by atoms with Crippen molar-refractivity contribution in [3.8, 4) is 0 Å². The molecule has 1 unspecified atom stereocenters. The van der Waals surface area contributed by atoms with E-state index in [-0.39, 0.29) is 11.7 Å². The van der Waals surface area contributed by atoms with Gasteiger partial charge in [0.15, 0.2) is 0 Å². The first-order valence-electron chi connectivity index (χ1n) is 5.98. The number of hydrogen-bond donors (Lipinski definition) is 1. The number of nitrogens with one attached hydrogen (secondary N) is 1. The Hall–Kier alpha value is -1.40. The minimum absolute atomic E-state index is 0.0999. The van der Waals surface area contributed by atoms with Gasteiger partial charge in [-0.05, 0) is 18.5 Å². The number of sulfone groups is 1. The molecule has 1 N–H and O–H groups in total. The van der Waals surface area contributed by atoms with Gasteiger partial charge in [-0.25, -0.2) is 13.2 Å². The number of rotatable bonds is 7. The maximum atomic E-state index is 11.7. The average Bonchev–Trinajstić information content (AvgIpc) is 2.38. The van der Waals surface area contributed by atoms with E-state index >= 15 is 0 Å². The molecule has 0 radical (unpaired) electrons. The largest absolute Gasteiger partial charge is 0.468 e. The molecule has 0 spiro atoms. The molecule has 0 amide bonds. The van der Waals surface area contributed by atoms with Crippen LogP contribution in [-0.4, -0.2) is 40.1 Å². The molecule has 1 aromatic rings. The minimum Gasteiger partial charge on any atom is -0.468 e. The van der Waals surface area contributed by atoms with Gasteiger partial charge >= 0.3 is 5.97 Å². The van der Waals surface area contributed by atoms with Crippen LogP contribution in [-0.2, 0) is 19.4 Å². The van der Waals surface area contributed by atoms with Crippen LogP contribution in [0.1, 0.15) is 18.0 Å². The zero-order chi connectivity index (χ0) is 14.3. The van der Waals surface area contributed by atoms with Crippen LogP contribution >= 0.6 is 0 Å². The van der Waals surface area contributed by atoms with Gasteiger partial charge in [-0.1, -0.05) is 30.3 Å². The van der Waals surface area contributed by atoms with Crippen LogP contribution in [0, 0.1) is 0 Å². The molecular formula is C13H19NO4S. The third-order valence-corrected chi connectivity index (χ3v) is 3.64. The third kappa shape index (κ3) is 5.85. The van der Waals surface area contributed by atoms with Crippen molar-refractivity contribution in [1.82, 2.24) is 5.32 Å². The molecule has 5 nitrogen and oxygen atoms in total. The van der Waals surface area contributed by atoms with Crippen molar-refractivity contribution in [2.24, 2.45) is 0 Å². The maximum absolute atomic E-state index is 11.7. The Morgan fingerprint density at radius 1 is 1.32 bits per heavy atom. The lowest BCUT2D eigenvalue weighted by atomic mass is 10.1. The molecule has 0 saturated carbocycles. The van der Waals surface area contributed by atoms with Crippen LogP contribution in [0.3, 0.4) is 0 Å². The summed E-state index contributed by atoms with van der Waals surface area (Å²) in [7, 11) is -1.64. The molecule has 19 heavy (non-hydrogen) atoms. The Balaban J connectivity index is 2.60. The van der Waals surface area contributed by atoms with Crippen molar-refractivity contribution in [3.63, 3.8) is 0 Å². The highest BCUT2D eigenvalue weighted by molar-refractivity contribution is 7.90. The summed E-state index contributed by atoms with van der Waals surface area (Å²) in [5.74, 6) is -0.284. The molecule has 0 bridgehead atoms. The van der Waals surface area contributed by atoms with E-state index < -0.39 is 15.9 Å². The third-order valence-electron chi connectivity index (χ3n) is 2.61. The molecule has 0 aliphatic carbocycles. The number of hydrogen-bond acceptors (Lipinski definition) is 5. The van der Waals surface area contributed by atoms with Gasteiger partial charge in [-0.3, -0.25) is 0 Å². The smallest absolute Gasteiger partial charge is 0.327 e. The fourth-order valence-electron chi connectivity index (χ4n) is 1.68. The quantitative estimate of drug-likeness (QED) is 0.596. The average molecular weight is 285 g/mol. The van der Waals surface area contributed by atoms with Crippen LogP contribution in [0.2, 0.25) is 0 Å². The van der Waals surface area contributed by atoms with Gasteiger partial charge in [0.05, 0.1) is 12.9 Å². The molecule has 0 aromatic heterocycles. The van der Waals surface area contributed by atoms with E-state index in [4.69, 9.17) is 4.74 Å². The number of ether oxygens (including phenoxy) is 1. The van der Waals surface area contributed by atoms with Gasteiger partial charge < -0.3 is 10.1 Å². The van der Waals surface area contributed by atoms with E-state index in [2.05, 4.69) is 5.32 Å². The molecule has 106 valence electrons. The summed E-state index contributed by atoms with van der Waals surface area (Å²) in [5.41, 5.74) is 0.800. The predicted molar refractivity (Wildman–Crippen MR) is 73.5 cm³/mol. The Bertz CT molecular complexity index is 499. The van der Waals surface area contributed by atoms with Crippen molar-refractivity contribution < 1.29 is 17.9 Å². The lowest BCUT2D eigenvalue weighted by Crippen LogP contribution is -2.31. The second-order valence-corrected chi connectivity index (χ2v) is 6.56. The number of methoxy groups -OCH3 is 1. The van der Waals surface area contributed by atoms with Crippen molar-refractivity contribution in [3.05, 3.63) is 35.9 Å². The van der Waals surface area contributed by atoms with Crippen molar-refractivity contribution in [2.45, 2.75) is 12.5 Å². The van der Waals surface area contributed by atoms with E-state index in [0.29, 0.717) is 13.0 Å². The van der Waals surface area contributed by atoms with E-state index in [1.54, 1.807) is 0 Å². The molecule has 0 saturated heterocycles. The van der Waals surface area contributed by atoms with Crippen molar-refractivity contribution in [1.29, 1.82) is 0 Å². The first-order valence-corrected chi connectivity index (χ1v) is 8.04. The van der Waals surface area contributed by atoms with Crippen LogP contribution in [0.5, 0.6) is 0 Å². The molecular weight excluding hydrogens is 266 g/mol. The molecule has 1 atom stereocenters. The highest BCUT2D eigenvalue weighted by Gasteiger charge is 2.20. The second-order valence-electron chi connectivity index (χ2n) is 4.30. The summed E-state index contributed by atoms with van der Waals surface area (Å²) in [6, 6.07) is 8.62. The molecule has 6 heteroatoms. The van der Waals surface area contributed by atoms with Gasteiger partial charge in [-0.2, -0.15) is 0 Å². The SMILES string of the molecule is COC(=O)C(NCCCS(C)(=O)=O)c1ccccc1. The number of carbonyl (C=O) groups excluding carboxylic acids is 1. The van der Waals surface area contributed by atoms with Crippen LogP contribution in [0.25, 0.3) is 0 Å². The molecule has 0 fully saturated rings. The lowest BCUT2D eigenvalue weighted by Gasteiger charge is -2.16. The summed E-state index contributed by atoms with van der Waals surface area (Å²) in [5, 5.41) is 3.02. The highest BCUT2D eigenvalue weighted by atomic mass is 32.2. The molecule has 1 aromatic carbocycles. The highest BCUT2D eigenvalue weighted by Crippen LogP contribution is 2.13. The van der Waals surface area contributed by atoms with E-state index in [1.165, 1.54) is 13.4 Å². The normalized spacial score (nSPS) is 12.9. The number of esters is 1. The van der Waals surface area contributed by atoms with Gasteiger partial charge in [0.25, 0.3) is 0 Å². The monoisotopic (exact) mass is 285 g/mol. The Morgan fingerprint density at radius 3 is 2.47 bits per heavy atom. The van der Waals surface area contributed by atoms with E-state index in [9.17, 15) is 13.2 Å². The van der Waals surface area contributed by atoms with E-state index in [0.717, 1.165) is 5.56 Å². The number of benzene rings is 1. The van der Waals surface area contributed by atoms with Crippen molar-refractivity contribution in [2.75, 3.05) is 25.7 Å². The summed E-state index contributed by atoms with van der Waals surface area (Å²) in [4.78, 5) is 11.7. The Labute approximate surface area is 113 Å². The second kappa shape index (κ2) is 7.25.